The highest BCUT2D eigenvalue weighted by atomic mass is 16.4. The van der Waals surface area contributed by atoms with Crippen molar-refractivity contribution in [1.29, 1.82) is 0 Å². The summed E-state index contributed by atoms with van der Waals surface area (Å²) < 4.78 is 0. The van der Waals surface area contributed by atoms with Crippen LogP contribution in [0.3, 0.4) is 0 Å². The van der Waals surface area contributed by atoms with E-state index in [1.165, 1.54) is 5.56 Å². The molecule has 1 unspecified atom stereocenters. The van der Waals surface area contributed by atoms with E-state index in [1.807, 2.05) is 36.4 Å². The van der Waals surface area contributed by atoms with Crippen LogP contribution in [0.15, 0.2) is 48.5 Å². The molecule has 0 aromatic heterocycles. The lowest BCUT2D eigenvalue weighted by atomic mass is 9.98. The summed E-state index contributed by atoms with van der Waals surface area (Å²) in [6, 6.07) is 15.5. The van der Waals surface area contributed by atoms with Crippen LogP contribution in [0, 0.1) is 0 Å². The molecule has 28 heavy (non-hydrogen) atoms. The number of aliphatic carboxylic acids is 2. The van der Waals surface area contributed by atoms with Gasteiger partial charge in [-0.2, -0.15) is 0 Å². The fourth-order valence-corrected chi connectivity index (χ4v) is 2.99. The third-order valence-corrected chi connectivity index (χ3v) is 4.46. The van der Waals surface area contributed by atoms with Gasteiger partial charge in [0.1, 0.15) is 0 Å². The van der Waals surface area contributed by atoms with Crippen molar-refractivity contribution in [2.24, 2.45) is 0 Å². The topological polar surface area (TPSA) is 104 Å². The third-order valence-electron chi connectivity index (χ3n) is 4.46. The first kappa shape index (κ1) is 21.2. The van der Waals surface area contributed by atoms with Crippen molar-refractivity contribution >= 4 is 17.8 Å². The summed E-state index contributed by atoms with van der Waals surface area (Å²) in [5.41, 5.74) is 4.35. The normalized spacial score (nSPS) is 11.6. The van der Waals surface area contributed by atoms with Crippen LogP contribution in [0.4, 0.5) is 0 Å². The van der Waals surface area contributed by atoms with E-state index in [-0.39, 0.29) is 19.3 Å². The van der Waals surface area contributed by atoms with Crippen LogP contribution in [0.25, 0.3) is 11.1 Å². The highest BCUT2D eigenvalue weighted by molar-refractivity contribution is 5.81. The van der Waals surface area contributed by atoms with Crippen molar-refractivity contribution in [3.63, 3.8) is 0 Å². The first-order chi connectivity index (χ1) is 13.4. The van der Waals surface area contributed by atoms with Gasteiger partial charge in [0.15, 0.2) is 0 Å². The zero-order valence-corrected chi connectivity index (χ0v) is 15.9. The number of carbonyl (C=O) groups is 3. The molecule has 0 aliphatic carbocycles. The van der Waals surface area contributed by atoms with Gasteiger partial charge in [0.05, 0.1) is 12.8 Å². The van der Waals surface area contributed by atoms with E-state index in [0.29, 0.717) is 6.42 Å². The fourth-order valence-electron chi connectivity index (χ4n) is 2.99. The number of aryl methyl sites for hydroxylation is 1. The van der Waals surface area contributed by atoms with Crippen LogP contribution in [-0.4, -0.2) is 34.1 Å². The average Bonchev–Trinajstić information content (AvgIpc) is 2.66. The van der Waals surface area contributed by atoms with Crippen LogP contribution in [0.2, 0.25) is 0 Å². The minimum atomic E-state index is -1.06. The second kappa shape index (κ2) is 10.3. The van der Waals surface area contributed by atoms with E-state index in [2.05, 4.69) is 24.4 Å². The number of carboxylic acids is 2. The van der Waals surface area contributed by atoms with Gasteiger partial charge < -0.3 is 15.5 Å². The second-order valence-corrected chi connectivity index (χ2v) is 6.71. The zero-order chi connectivity index (χ0) is 20.5. The van der Waals surface area contributed by atoms with Crippen molar-refractivity contribution in [2.45, 2.75) is 45.1 Å². The molecule has 0 aliphatic heterocycles. The zero-order valence-electron chi connectivity index (χ0n) is 15.9. The number of benzene rings is 2. The molecule has 0 saturated carbocycles. The van der Waals surface area contributed by atoms with E-state index in [9.17, 15) is 14.4 Å². The summed E-state index contributed by atoms with van der Waals surface area (Å²) >= 11 is 0. The van der Waals surface area contributed by atoms with Gasteiger partial charge in [-0.05, 0) is 35.1 Å². The van der Waals surface area contributed by atoms with E-state index in [1.54, 1.807) is 0 Å². The number of carboxylic acid groups (broad SMARTS) is 2. The molecule has 1 atom stereocenters. The van der Waals surface area contributed by atoms with E-state index >= 15 is 0 Å². The van der Waals surface area contributed by atoms with Crippen LogP contribution >= 0.6 is 0 Å². The number of rotatable bonds is 10. The van der Waals surface area contributed by atoms with Gasteiger partial charge in [0.2, 0.25) is 5.91 Å². The summed E-state index contributed by atoms with van der Waals surface area (Å²) in [6.45, 7) is 2.11. The number of nitrogens with one attached hydrogen (secondary N) is 1. The predicted molar refractivity (Wildman–Crippen MR) is 106 cm³/mol. The fraction of sp³-hybridized carbons (Fsp3) is 0.318. The van der Waals surface area contributed by atoms with Crippen molar-refractivity contribution < 1.29 is 24.6 Å². The molecule has 1 amide bonds. The first-order valence-corrected chi connectivity index (χ1v) is 9.28. The number of hydrogen-bond acceptors (Lipinski definition) is 3. The number of hydrogen-bond donors (Lipinski definition) is 3. The highest BCUT2D eigenvalue weighted by Gasteiger charge is 2.17. The van der Waals surface area contributed by atoms with Gasteiger partial charge in [-0.25, -0.2) is 0 Å². The summed E-state index contributed by atoms with van der Waals surface area (Å²) in [5.74, 6) is -2.54. The molecule has 2 aromatic rings. The van der Waals surface area contributed by atoms with Crippen LogP contribution in [0.1, 0.15) is 37.3 Å². The van der Waals surface area contributed by atoms with E-state index in [0.717, 1.165) is 23.1 Å². The molecule has 0 bridgehead atoms. The van der Waals surface area contributed by atoms with Crippen LogP contribution in [-0.2, 0) is 27.2 Å². The molecule has 0 fully saturated rings. The van der Waals surface area contributed by atoms with Crippen molar-refractivity contribution in [1.82, 2.24) is 5.32 Å². The molecule has 0 radical (unpaired) electrons. The third kappa shape index (κ3) is 6.87. The summed E-state index contributed by atoms with van der Waals surface area (Å²) in [7, 11) is 0. The van der Waals surface area contributed by atoms with Crippen LogP contribution in [0.5, 0.6) is 0 Å². The van der Waals surface area contributed by atoms with Gasteiger partial charge >= 0.3 is 11.9 Å². The molecular formula is C22H25NO5. The van der Waals surface area contributed by atoms with Gasteiger partial charge in [0.25, 0.3) is 0 Å². The minimum absolute atomic E-state index is 0.168. The molecule has 6 nitrogen and oxygen atoms in total. The van der Waals surface area contributed by atoms with Gasteiger partial charge in [-0.1, -0.05) is 55.5 Å². The maximum Gasteiger partial charge on any atom is 0.305 e. The summed E-state index contributed by atoms with van der Waals surface area (Å²) in [5, 5.41) is 20.4. The Kier molecular flexibility index (Phi) is 7.75. The Morgan fingerprint density at radius 1 is 0.893 bits per heavy atom. The smallest absolute Gasteiger partial charge is 0.305 e. The Morgan fingerprint density at radius 2 is 1.61 bits per heavy atom. The predicted octanol–water partition coefficient (Wildman–Crippen LogP) is 3.28. The summed E-state index contributed by atoms with van der Waals surface area (Å²) in [4.78, 5) is 33.5. The standard InChI is InChI=1S/C22H25NO5/c1-2-15-4-3-5-18(12-15)17-8-6-16(7-9-17)13-19(14-22(27)28)23-20(24)10-11-21(25)26/h3-9,12,19H,2,10-11,13-14H2,1H3,(H,23,24)(H,25,26)(H,27,28). The molecule has 2 rings (SSSR count). The Morgan fingerprint density at radius 3 is 2.21 bits per heavy atom. The molecule has 6 heteroatoms. The number of amides is 1. The Hall–Kier alpha value is -3.15. The van der Waals surface area contributed by atoms with E-state index in [4.69, 9.17) is 10.2 Å². The molecule has 0 aliphatic rings. The average molecular weight is 383 g/mol. The Bertz CT molecular complexity index is 829. The second-order valence-electron chi connectivity index (χ2n) is 6.71. The monoisotopic (exact) mass is 383 g/mol. The Balaban J connectivity index is 2.05. The maximum absolute atomic E-state index is 11.9. The number of carbonyl (C=O) groups excluding carboxylic acids is 1. The molecule has 3 N–H and O–H groups in total. The molecule has 148 valence electrons. The van der Waals surface area contributed by atoms with Crippen molar-refractivity contribution in [3.05, 3.63) is 59.7 Å². The van der Waals surface area contributed by atoms with Crippen molar-refractivity contribution in [2.75, 3.05) is 0 Å². The highest BCUT2D eigenvalue weighted by Crippen LogP contribution is 2.22. The quantitative estimate of drug-likeness (QED) is 0.584. The lowest BCUT2D eigenvalue weighted by molar-refractivity contribution is -0.140. The first-order valence-electron chi connectivity index (χ1n) is 9.28. The van der Waals surface area contributed by atoms with Gasteiger partial charge in [-0.3, -0.25) is 14.4 Å². The lowest BCUT2D eigenvalue weighted by Gasteiger charge is -2.17. The molecule has 2 aromatic carbocycles. The maximum atomic E-state index is 11.9. The molecule has 0 saturated heterocycles. The van der Waals surface area contributed by atoms with Crippen molar-refractivity contribution in [3.8, 4) is 11.1 Å². The lowest BCUT2D eigenvalue weighted by Crippen LogP contribution is -2.38. The van der Waals surface area contributed by atoms with Gasteiger partial charge in [-0.15, -0.1) is 0 Å². The minimum Gasteiger partial charge on any atom is -0.481 e. The molecule has 0 spiro atoms. The van der Waals surface area contributed by atoms with Gasteiger partial charge in [0, 0.05) is 12.5 Å². The summed E-state index contributed by atoms with van der Waals surface area (Å²) in [6.07, 6.45) is 0.652. The van der Waals surface area contributed by atoms with Crippen LogP contribution < -0.4 is 5.32 Å². The largest absolute Gasteiger partial charge is 0.481 e. The van der Waals surface area contributed by atoms with E-state index < -0.39 is 23.9 Å². The molecule has 0 heterocycles. The SMILES string of the molecule is CCc1cccc(-c2ccc(CC(CC(=O)O)NC(=O)CCC(=O)O)cc2)c1. The Labute approximate surface area is 164 Å². The molecular weight excluding hydrogens is 358 g/mol.